The summed E-state index contributed by atoms with van der Waals surface area (Å²) >= 11 is 1.41. The average molecular weight is 239 g/mol. The van der Waals surface area contributed by atoms with Gasteiger partial charge in [-0.15, -0.1) is 0 Å². The van der Waals surface area contributed by atoms with Gasteiger partial charge in [0.1, 0.15) is 5.75 Å². The summed E-state index contributed by atoms with van der Waals surface area (Å²) in [6.07, 6.45) is 0. The highest BCUT2D eigenvalue weighted by atomic mass is 32.2. The summed E-state index contributed by atoms with van der Waals surface area (Å²) in [5, 5.41) is 0. The highest BCUT2D eigenvalue weighted by molar-refractivity contribution is 7.97. The molecule has 0 aliphatic carbocycles. The van der Waals surface area contributed by atoms with Crippen molar-refractivity contribution in [3.63, 3.8) is 0 Å². The highest BCUT2D eigenvalue weighted by Crippen LogP contribution is 2.25. The van der Waals surface area contributed by atoms with Gasteiger partial charge in [0.05, 0.1) is 7.11 Å². The van der Waals surface area contributed by atoms with Crippen LogP contribution in [0.15, 0.2) is 29.2 Å². The molecule has 88 valence electrons. The fraction of sp³-hybridized carbons (Fsp3) is 0.417. The number of hydrogen-bond donors (Lipinski definition) is 0. The van der Waals surface area contributed by atoms with Crippen molar-refractivity contribution in [3.05, 3.63) is 24.3 Å². The predicted octanol–water partition coefficient (Wildman–Crippen LogP) is 2.82. The van der Waals surface area contributed by atoms with Gasteiger partial charge in [-0.3, -0.25) is 9.10 Å². The predicted molar refractivity (Wildman–Crippen MR) is 66.5 cm³/mol. The molecule has 0 saturated carbocycles. The number of amides is 1. The molecule has 0 fully saturated rings. The molecule has 1 aromatic rings. The van der Waals surface area contributed by atoms with E-state index in [0.717, 1.165) is 10.6 Å². The zero-order valence-electron chi connectivity index (χ0n) is 10.1. The molecule has 1 aromatic carbocycles. The minimum absolute atomic E-state index is 0.0168. The molecule has 0 unspecified atom stereocenters. The lowest BCUT2D eigenvalue weighted by Crippen LogP contribution is -2.24. The first-order valence-corrected chi connectivity index (χ1v) is 5.91. The van der Waals surface area contributed by atoms with Gasteiger partial charge in [0.15, 0.2) is 0 Å². The third-order valence-electron chi connectivity index (χ3n) is 2.09. The smallest absolute Gasteiger partial charge is 0.234 e. The molecule has 0 aliphatic heterocycles. The van der Waals surface area contributed by atoms with Crippen LogP contribution < -0.4 is 4.74 Å². The van der Waals surface area contributed by atoms with E-state index in [1.807, 2.05) is 38.1 Å². The highest BCUT2D eigenvalue weighted by Gasteiger charge is 2.14. The van der Waals surface area contributed by atoms with E-state index in [1.165, 1.54) is 11.9 Å². The number of methoxy groups -OCH3 is 1. The van der Waals surface area contributed by atoms with Crippen LogP contribution in [0.4, 0.5) is 0 Å². The SMILES string of the molecule is COc1cccc(SN(C)C(=O)C(C)C)c1. The number of carbonyl (C=O) groups is 1. The molecule has 0 spiro atoms. The zero-order valence-corrected chi connectivity index (χ0v) is 10.9. The first kappa shape index (κ1) is 12.9. The Morgan fingerprint density at radius 2 is 2.12 bits per heavy atom. The van der Waals surface area contributed by atoms with Gasteiger partial charge in [-0.2, -0.15) is 0 Å². The molecule has 3 nitrogen and oxygen atoms in total. The van der Waals surface area contributed by atoms with Crippen LogP contribution in [0, 0.1) is 5.92 Å². The Morgan fingerprint density at radius 1 is 1.44 bits per heavy atom. The fourth-order valence-corrected chi connectivity index (χ4v) is 2.15. The molecule has 0 atom stereocenters. The lowest BCUT2D eigenvalue weighted by atomic mass is 10.2. The molecule has 0 saturated heterocycles. The molecular formula is C12H17NO2S. The maximum absolute atomic E-state index is 11.7. The second-order valence-corrected chi connectivity index (χ2v) is 4.96. The van der Waals surface area contributed by atoms with Crippen LogP contribution >= 0.6 is 11.9 Å². The fourth-order valence-electron chi connectivity index (χ4n) is 1.22. The third-order valence-corrected chi connectivity index (χ3v) is 3.01. The standard InChI is InChI=1S/C12H17NO2S/c1-9(2)12(14)13(3)16-11-7-5-6-10(8-11)15-4/h5-9H,1-4H3. The largest absolute Gasteiger partial charge is 0.497 e. The van der Waals surface area contributed by atoms with Crippen LogP contribution in [0.3, 0.4) is 0 Å². The molecule has 1 rings (SSSR count). The van der Waals surface area contributed by atoms with Gasteiger partial charge < -0.3 is 4.74 Å². The van der Waals surface area contributed by atoms with Gasteiger partial charge in [0.25, 0.3) is 0 Å². The minimum atomic E-state index is 0.0168. The Kier molecular flexibility index (Phi) is 4.68. The third kappa shape index (κ3) is 3.45. The van der Waals surface area contributed by atoms with Crippen molar-refractivity contribution >= 4 is 17.9 Å². The van der Waals surface area contributed by atoms with Crippen LogP contribution in [0.2, 0.25) is 0 Å². The van der Waals surface area contributed by atoms with E-state index in [4.69, 9.17) is 4.74 Å². The Hall–Kier alpha value is -1.16. The van der Waals surface area contributed by atoms with Crippen molar-refractivity contribution in [1.29, 1.82) is 0 Å². The van der Waals surface area contributed by atoms with Gasteiger partial charge in [-0.25, -0.2) is 0 Å². The summed E-state index contributed by atoms with van der Waals surface area (Å²) in [6, 6.07) is 7.66. The van der Waals surface area contributed by atoms with Crippen LogP contribution in [0.5, 0.6) is 5.75 Å². The second kappa shape index (κ2) is 5.80. The summed E-state index contributed by atoms with van der Waals surface area (Å²) in [4.78, 5) is 12.7. The van der Waals surface area contributed by atoms with Gasteiger partial charge in [0.2, 0.25) is 5.91 Å². The number of benzene rings is 1. The van der Waals surface area contributed by atoms with E-state index in [0.29, 0.717) is 0 Å². The summed E-state index contributed by atoms with van der Waals surface area (Å²) in [5.74, 6) is 0.936. The molecule has 0 aliphatic rings. The maximum atomic E-state index is 11.7. The Balaban J connectivity index is 2.69. The number of carbonyl (C=O) groups excluding carboxylic acids is 1. The van der Waals surface area contributed by atoms with Crippen molar-refractivity contribution in [2.45, 2.75) is 18.7 Å². The number of hydrogen-bond acceptors (Lipinski definition) is 3. The number of ether oxygens (including phenoxy) is 1. The first-order valence-electron chi connectivity index (χ1n) is 5.14. The van der Waals surface area contributed by atoms with Crippen molar-refractivity contribution < 1.29 is 9.53 Å². The van der Waals surface area contributed by atoms with Crippen molar-refractivity contribution in [1.82, 2.24) is 4.31 Å². The van der Waals surface area contributed by atoms with Gasteiger partial charge in [-0.1, -0.05) is 19.9 Å². The Bertz CT molecular complexity index is 366. The van der Waals surface area contributed by atoms with Crippen LogP contribution in [0.25, 0.3) is 0 Å². The van der Waals surface area contributed by atoms with E-state index in [-0.39, 0.29) is 11.8 Å². The van der Waals surface area contributed by atoms with Crippen molar-refractivity contribution in [2.75, 3.05) is 14.2 Å². The lowest BCUT2D eigenvalue weighted by Gasteiger charge is -2.18. The average Bonchev–Trinajstić information content (AvgIpc) is 2.28. The Labute approximate surface area is 101 Å². The zero-order chi connectivity index (χ0) is 12.1. The summed E-state index contributed by atoms with van der Waals surface area (Å²) in [5.41, 5.74) is 0. The topological polar surface area (TPSA) is 29.5 Å². The van der Waals surface area contributed by atoms with Gasteiger partial charge in [-0.05, 0) is 30.1 Å². The number of rotatable bonds is 4. The van der Waals surface area contributed by atoms with Crippen molar-refractivity contribution in [2.24, 2.45) is 5.92 Å². The quantitative estimate of drug-likeness (QED) is 0.757. The molecule has 0 heterocycles. The first-order chi connectivity index (χ1) is 7.54. The molecule has 0 radical (unpaired) electrons. The van der Waals surface area contributed by atoms with E-state index in [9.17, 15) is 4.79 Å². The van der Waals surface area contributed by atoms with E-state index in [2.05, 4.69) is 0 Å². The second-order valence-electron chi connectivity index (χ2n) is 3.76. The summed E-state index contributed by atoms with van der Waals surface area (Å²) in [6.45, 7) is 3.79. The van der Waals surface area contributed by atoms with Crippen molar-refractivity contribution in [3.8, 4) is 5.75 Å². The van der Waals surface area contributed by atoms with Crippen LogP contribution in [-0.4, -0.2) is 24.4 Å². The normalized spacial score (nSPS) is 10.3. The Morgan fingerprint density at radius 3 is 2.69 bits per heavy atom. The summed E-state index contributed by atoms with van der Waals surface area (Å²) in [7, 11) is 3.42. The molecule has 1 amide bonds. The molecular weight excluding hydrogens is 222 g/mol. The van der Waals surface area contributed by atoms with Gasteiger partial charge >= 0.3 is 0 Å². The minimum Gasteiger partial charge on any atom is -0.497 e. The van der Waals surface area contributed by atoms with Crippen LogP contribution in [-0.2, 0) is 4.79 Å². The maximum Gasteiger partial charge on any atom is 0.234 e. The van der Waals surface area contributed by atoms with E-state index >= 15 is 0 Å². The monoisotopic (exact) mass is 239 g/mol. The molecule has 4 heteroatoms. The van der Waals surface area contributed by atoms with E-state index < -0.39 is 0 Å². The van der Waals surface area contributed by atoms with Gasteiger partial charge in [0, 0.05) is 17.9 Å². The number of nitrogens with zero attached hydrogens (tertiary/aromatic N) is 1. The molecule has 16 heavy (non-hydrogen) atoms. The molecule has 0 bridgehead atoms. The molecule has 0 aromatic heterocycles. The molecule has 0 N–H and O–H groups in total. The lowest BCUT2D eigenvalue weighted by molar-refractivity contribution is -0.128. The summed E-state index contributed by atoms with van der Waals surface area (Å²) < 4.78 is 6.78. The van der Waals surface area contributed by atoms with Crippen LogP contribution in [0.1, 0.15) is 13.8 Å². The van der Waals surface area contributed by atoms with E-state index in [1.54, 1.807) is 18.5 Å².